The van der Waals surface area contributed by atoms with E-state index < -0.39 is 9.84 Å². The van der Waals surface area contributed by atoms with Gasteiger partial charge in [0.2, 0.25) is 0 Å². The Morgan fingerprint density at radius 2 is 2.19 bits per heavy atom. The van der Waals surface area contributed by atoms with Gasteiger partial charge in [0.15, 0.2) is 9.84 Å². The summed E-state index contributed by atoms with van der Waals surface area (Å²) in [7, 11) is -1.17. The van der Waals surface area contributed by atoms with Crippen molar-refractivity contribution < 1.29 is 8.42 Å². The minimum absolute atomic E-state index is 0.0619. The summed E-state index contributed by atoms with van der Waals surface area (Å²) >= 11 is 0. The smallest absolute Gasteiger partial charge is 0.150 e. The van der Waals surface area contributed by atoms with E-state index in [1.165, 1.54) is 0 Å². The fraction of sp³-hybridized carbons (Fsp3) is 0.700. The van der Waals surface area contributed by atoms with Gasteiger partial charge >= 0.3 is 0 Å². The molecule has 1 atom stereocenters. The Bertz CT molecular complexity index is 423. The quantitative estimate of drug-likeness (QED) is 0.772. The molecule has 0 spiro atoms. The van der Waals surface area contributed by atoms with Crippen molar-refractivity contribution in [3.05, 3.63) is 18.0 Å². The number of nitrogens with two attached hydrogens (primary N) is 1. The van der Waals surface area contributed by atoms with Crippen molar-refractivity contribution in [1.82, 2.24) is 9.78 Å². The van der Waals surface area contributed by atoms with Crippen LogP contribution in [0.1, 0.15) is 18.9 Å². The maximum Gasteiger partial charge on any atom is 0.150 e. The second-order valence-electron chi connectivity index (χ2n) is 4.19. The van der Waals surface area contributed by atoms with Crippen LogP contribution < -0.4 is 5.73 Å². The van der Waals surface area contributed by atoms with Crippen molar-refractivity contribution in [1.29, 1.82) is 0 Å². The van der Waals surface area contributed by atoms with E-state index in [2.05, 4.69) is 5.10 Å². The Morgan fingerprint density at radius 1 is 1.50 bits per heavy atom. The molecule has 5 nitrogen and oxygen atoms in total. The average Bonchev–Trinajstić information content (AvgIpc) is 2.59. The van der Waals surface area contributed by atoms with E-state index in [0.717, 1.165) is 5.56 Å². The van der Waals surface area contributed by atoms with Crippen molar-refractivity contribution in [2.24, 2.45) is 12.8 Å². The summed E-state index contributed by atoms with van der Waals surface area (Å²) in [5, 5.41) is 3.99. The highest BCUT2D eigenvalue weighted by Crippen LogP contribution is 2.03. The second kappa shape index (κ2) is 5.45. The fourth-order valence-electron chi connectivity index (χ4n) is 1.34. The molecular weight excluding hydrogens is 226 g/mol. The van der Waals surface area contributed by atoms with Gasteiger partial charge in [-0.2, -0.15) is 5.10 Å². The number of hydrogen-bond donors (Lipinski definition) is 1. The van der Waals surface area contributed by atoms with Crippen LogP contribution in [0.15, 0.2) is 12.4 Å². The first-order chi connectivity index (χ1) is 7.39. The van der Waals surface area contributed by atoms with E-state index >= 15 is 0 Å². The van der Waals surface area contributed by atoms with Crippen LogP contribution in [0.2, 0.25) is 0 Å². The van der Waals surface area contributed by atoms with Crippen LogP contribution in [0, 0.1) is 0 Å². The topological polar surface area (TPSA) is 78.0 Å². The summed E-state index contributed by atoms with van der Waals surface area (Å²) < 4.78 is 24.9. The molecule has 1 heterocycles. The van der Waals surface area contributed by atoms with Crippen LogP contribution in [0.5, 0.6) is 0 Å². The van der Waals surface area contributed by atoms with Gasteiger partial charge in [-0.3, -0.25) is 4.68 Å². The molecule has 1 aromatic rings. The third kappa shape index (κ3) is 4.76. The van der Waals surface area contributed by atoms with Crippen molar-refractivity contribution >= 4 is 9.84 Å². The molecule has 0 saturated carbocycles. The summed E-state index contributed by atoms with van der Waals surface area (Å²) in [5.41, 5.74) is 6.48. The zero-order chi connectivity index (χ0) is 12.2. The fourth-order valence-corrected chi connectivity index (χ4v) is 2.82. The summed E-state index contributed by atoms with van der Waals surface area (Å²) in [6.07, 6.45) is 4.58. The molecule has 6 heteroatoms. The standard InChI is InChI=1S/C10H19N3O2S/c1-9(11)3-5-16(14,15)6-4-10-7-12-13(2)8-10/h7-9H,3-6,11H2,1-2H3. The molecule has 0 fully saturated rings. The van der Waals surface area contributed by atoms with E-state index in [9.17, 15) is 8.42 Å². The summed E-state index contributed by atoms with van der Waals surface area (Å²) in [6.45, 7) is 1.82. The van der Waals surface area contributed by atoms with E-state index in [0.29, 0.717) is 12.8 Å². The van der Waals surface area contributed by atoms with E-state index in [1.807, 2.05) is 20.2 Å². The Labute approximate surface area is 96.6 Å². The van der Waals surface area contributed by atoms with Gasteiger partial charge in [-0.05, 0) is 25.3 Å². The maximum atomic E-state index is 11.6. The van der Waals surface area contributed by atoms with E-state index in [-0.39, 0.29) is 17.5 Å². The first-order valence-corrected chi connectivity index (χ1v) is 7.15. The van der Waals surface area contributed by atoms with Crippen LogP contribution >= 0.6 is 0 Å². The number of aromatic nitrogens is 2. The lowest BCUT2D eigenvalue weighted by Gasteiger charge is -2.05. The SMILES string of the molecule is CC(N)CCS(=O)(=O)CCc1cnn(C)c1. The molecule has 92 valence electrons. The molecule has 0 aliphatic carbocycles. The molecule has 1 rings (SSSR count). The van der Waals surface area contributed by atoms with Gasteiger partial charge in [0.1, 0.15) is 0 Å². The molecule has 16 heavy (non-hydrogen) atoms. The number of sulfone groups is 1. The maximum absolute atomic E-state index is 11.6. The molecule has 0 aromatic carbocycles. The third-order valence-electron chi connectivity index (χ3n) is 2.34. The van der Waals surface area contributed by atoms with Crippen molar-refractivity contribution in [2.45, 2.75) is 25.8 Å². The van der Waals surface area contributed by atoms with Gasteiger partial charge in [-0.15, -0.1) is 0 Å². The molecule has 1 unspecified atom stereocenters. The van der Waals surface area contributed by atoms with Crippen LogP contribution in [0.25, 0.3) is 0 Å². The molecule has 0 bridgehead atoms. The third-order valence-corrected chi connectivity index (χ3v) is 4.03. The van der Waals surface area contributed by atoms with Gasteiger partial charge in [-0.1, -0.05) is 0 Å². The largest absolute Gasteiger partial charge is 0.328 e. The van der Waals surface area contributed by atoms with Gasteiger partial charge in [0.05, 0.1) is 17.7 Å². The molecule has 0 aliphatic heterocycles. The summed E-state index contributed by atoms with van der Waals surface area (Å²) in [6, 6.07) is -0.0619. The summed E-state index contributed by atoms with van der Waals surface area (Å²) in [4.78, 5) is 0. The summed E-state index contributed by atoms with van der Waals surface area (Å²) in [5.74, 6) is 0.344. The molecule has 0 aliphatic rings. The normalized spacial score (nSPS) is 13.9. The first kappa shape index (κ1) is 13.2. The molecule has 0 amide bonds. The number of rotatable bonds is 6. The minimum atomic E-state index is -2.98. The molecule has 1 aromatic heterocycles. The lowest BCUT2D eigenvalue weighted by Crippen LogP contribution is -2.22. The monoisotopic (exact) mass is 245 g/mol. The van der Waals surface area contributed by atoms with Crippen LogP contribution in [0.3, 0.4) is 0 Å². The van der Waals surface area contributed by atoms with Crippen molar-refractivity contribution in [3.63, 3.8) is 0 Å². The lowest BCUT2D eigenvalue weighted by atomic mass is 10.3. The van der Waals surface area contributed by atoms with Crippen molar-refractivity contribution in [2.75, 3.05) is 11.5 Å². The molecule has 0 saturated heterocycles. The Kier molecular flexibility index (Phi) is 4.49. The van der Waals surface area contributed by atoms with E-state index in [1.54, 1.807) is 10.9 Å². The Morgan fingerprint density at radius 3 is 2.69 bits per heavy atom. The second-order valence-corrected chi connectivity index (χ2v) is 6.49. The van der Waals surface area contributed by atoms with Gasteiger partial charge in [0, 0.05) is 19.3 Å². The van der Waals surface area contributed by atoms with Crippen molar-refractivity contribution in [3.8, 4) is 0 Å². The molecule has 0 radical (unpaired) electrons. The predicted octanol–water partition coefficient (Wildman–Crippen LogP) is 0.115. The number of nitrogens with zero attached hydrogens (tertiary/aromatic N) is 2. The number of hydrogen-bond acceptors (Lipinski definition) is 4. The Balaban J connectivity index is 2.42. The average molecular weight is 245 g/mol. The van der Waals surface area contributed by atoms with Gasteiger partial charge in [0.25, 0.3) is 0 Å². The number of aryl methyl sites for hydroxylation is 2. The highest BCUT2D eigenvalue weighted by atomic mass is 32.2. The molecule has 2 N–H and O–H groups in total. The van der Waals surface area contributed by atoms with Crippen LogP contribution in [-0.4, -0.2) is 35.7 Å². The Hall–Kier alpha value is -0.880. The van der Waals surface area contributed by atoms with Crippen LogP contribution in [0.4, 0.5) is 0 Å². The molecular formula is C10H19N3O2S. The first-order valence-electron chi connectivity index (χ1n) is 5.32. The van der Waals surface area contributed by atoms with Gasteiger partial charge < -0.3 is 5.73 Å². The highest BCUT2D eigenvalue weighted by Gasteiger charge is 2.12. The lowest BCUT2D eigenvalue weighted by molar-refractivity contribution is 0.586. The zero-order valence-electron chi connectivity index (χ0n) is 9.76. The van der Waals surface area contributed by atoms with E-state index in [4.69, 9.17) is 5.73 Å². The minimum Gasteiger partial charge on any atom is -0.328 e. The van der Waals surface area contributed by atoms with Crippen LogP contribution in [-0.2, 0) is 23.3 Å². The highest BCUT2D eigenvalue weighted by molar-refractivity contribution is 7.91. The predicted molar refractivity (Wildman–Crippen MR) is 63.8 cm³/mol. The zero-order valence-corrected chi connectivity index (χ0v) is 10.6. The van der Waals surface area contributed by atoms with Gasteiger partial charge in [-0.25, -0.2) is 8.42 Å².